The van der Waals surface area contributed by atoms with E-state index in [0.717, 1.165) is 0 Å². The molecule has 4 heteroatoms. The van der Waals surface area contributed by atoms with Crippen molar-refractivity contribution < 1.29 is 76.0 Å². The van der Waals surface area contributed by atoms with Gasteiger partial charge in [-0.3, -0.25) is 0 Å². The topological polar surface area (TPSA) is 0 Å². The molecule has 0 saturated heterocycles. The van der Waals surface area contributed by atoms with Crippen LogP contribution in [0.3, 0.4) is 0 Å². The fraction of sp³-hybridized carbons (Fsp3) is 0. The van der Waals surface area contributed by atoms with Crippen LogP contribution in [-0.2, 0) is 45.0 Å². The Labute approximate surface area is 101 Å². The maximum atomic E-state index is 0. The summed E-state index contributed by atoms with van der Waals surface area (Å²) in [5.74, 6) is 0. The molecule has 16 valence electrons. The second-order valence-corrected chi connectivity index (χ2v) is 0. The van der Waals surface area contributed by atoms with Gasteiger partial charge in [0.15, 0.2) is 0 Å². The predicted octanol–water partition coefficient (Wildman–Crippen LogP) is -3.80. The maximum absolute atomic E-state index is 0. The fourth-order valence-corrected chi connectivity index (χ4v) is 0. The molecule has 0 rings (SSSR count). The van der Waals surface area contributed by atoms with Crippen LogP contribution in [0.4, 0.5) is 0 Å². The van der Waals surface area contributed by atoms with Gasteiger partial charge in [0.25, 0.3) is 0 Å². The zero-order valence-corrected chi connectivity index (χ0v) is 17.1. The first-order chi connectivity index (χ1) is 0. The van der Waals surface area contributed by atoms with E-state index in [-0.39, 0.29) is 103 Å². The first-order valence-corrected chi connectivity index (χ1v) is 0. The van der Waals surface area contributed by atoms with E-state index in [1.165, 1.54) is 0 Å². The van der Waals surface area contributed by atoms with Gasteiger partial charge in [-0.25, -0.2) is 0 Å². The Morgan fingerprint density at radius 1 is 1.25 bits per heavy atom. The summed E-state index contributed by atoms with van der Waals surface area (Å²) in [6.07, 6.45) is 0. The minimum absolute atomic E-state index is 0. The van der Waals surface area contributed by atoms with Crippen LogP contribution < -0.4 is 29.6 Å². The van der Waals surface area contributed by atoms with E-state index in [0.29, 0.717) is 0 Å². The predicted molar refractivity (Wildman–Crippen MR) is 9.66 cm³/mol. The Balaban J connectivity index is 0. The monoisotopic (exact) mass is 488 g/mol. The molecular formula is H3CrHgNaPb. The molecule has 0 aliphatic heterocycles. The van der Waals surface area contributed by atoms with Crippen molar-refractivity contribution in [3.05, 3.63) is 0 Å². The van der Waals surface area contributed by atoms with Gasteiger partial charge < -0.3 is 1.43 Å². The summed E-state index contributed by atoms with van der Waals surface area (Å²) in [6.45, 7) is 0. The second kappa shape index (κ2) is 16.2. The average Bonchev–Trinajstić information content (AvgIpc) is 0. The molecule has 0 aliphatic rings. The quantitative estimate of drug-likeness (QED) is 0.309. The first-order valence-electron chi connectivity index (χ1n) is 0. The van der Waals surface area contributed by atoms with Crippen LogP contribution in [-0.4, -0.2) is 27.3 Å². The molecule has 0 nitrogen and oxygen atoms in total. The number of hydrogen-bond acceptors (Lipinski definition) is 0. The SMILES string of the molecule is [Cr].[H-].[Hg].[Na+].[PbH2]. The van der Waals surface area contributed by atoms with Crippen LogP contribution in [0.2, 0.25) is 0 Å². The molecule has 0 atom stereocenters. The Bertz CT molecular complexity index is 11.6. The fourth-order valence-electron chi connectivity index (χ4n) is 0. The van der Waals surface area contributed by atoms with E-state index in [9.17, 15) is 0 Å². The third-order valence-corrected chi connectivity index (χ3v) is 0. The van der Waals surface area contributed by atoms with Crippen LogP contribution in [0.15, 0.2) is 0 Å². The molecule has 0 aliphatic carbocycles. The molecule has 0 heterocycles. The molecule has 0 unspecified atom stereocenters. The Morgan fingerprint density at radius 3 is 1.25 bits per heavy atom. The molecule has 0 aromatic carbocycles. The summed E-state index contributed by atoms with van der Waals surface area (Å²) in [4.78, 5) is 0. The van der Waals surface area contributed by atoms with Crippen molar-refractivity contribution in [2.75, 3.05) is 0 Å². The molecule has 0 aromatic heterocycles. The number of rotatable bonds is 0. The second-order valence-electron chi connectivity index (χ2n) is 0. The van der Waals surface area contributed by atoms with E-state index in [4.69, 9.17) is 0 Å². The molecular weight excluding hydrogens is 483 g/mol. The molecule has 0 amide bonds. The van der Waals surface area contributed by atoms with E-state index in [1.807, 2.05) is 0 Å². The Morgan fingerprint density at radius 2 is 1.25 bits per heavy atom. The van der Waals surface area contributed by atoms with E-state index < -0.39 is 0 Å². The number of hydrogen-bond donors (Lipinski definition) is 0. The molecule has 2 radical (unpaired) electrons. The zero-order valence-electron chi connectivity index (χ0n) is 3.82. The van der Waals surface area contributed by atoms with Crippen LogP contribution >= 0.6 is 0 Å². The van der Waals surface area contributed by atoms with Gasteiger partial charge in [-0.1, -0.05) is 0 Å². The van der Waals surface area contributed by atoms with E-state index in [2.05, 4.69) is 0 Å². The van der Waals surface area contributed by atoms with Crippen molar-refractivity contribution in [2.45, 2.75) is 0 Å². The molecule has 0 fully saturated rings. The van der Waals surface area contributed by atoms with E-state index in [1.54, 1.807) is 0 Å². The summed E-state index contributed by atoms with van der Waals surface area (Å²) in [5, 5.41) is 0. The molecule has 0 spiro atoms. The van der Waals surface area contributed by atoms with Crippen molar-refractivity contribution in [3.8, 4) is 0 Å². The third kappa shape index (κ3) is 9.04. The van der Waals surface area contributed by atoms with Gasteiger partial charge in [-0.05, 0) is 0 Å². The summed E-state index contributed by atoms with van der Waals surface area (Å²) in [6, 6.07) is 0. The van der Waals surface area contributed by atoms with Gasteiger partial charge in [0.05, 0.1) is 0 Å². The van der Waals surface area contributed by atoms with Gasteiger partial charge in [0.1, 0.15) is 0 Å². The van der Waals surface area contributed by atoms with E-state index >= 15 is 0 Å². The standard InChI is InChI=1S/Cr.Hg.Na.Pb.3H/q;;+1;;;;-1. The average molecular weight is 486 g/mol. The van der Waals surface area contributed by atoms with Crippen molar-refractivity contribution in [2.24, 2.45) is 0 Å². The van der Waals surface area contributed by atoms with Gasteiger partial charge in [-0.15, -0.1) is 0 Å². The molecule has 0 bridgehead atoms. The summed E-state index contributed by atoms with van der Waals surface area (Å²) < 4.78 is 0. The van der Waals surface area contributed by atoms with Crippen LogP contribution in [0, 0.1) is 0 Å². The summed E-state index contributed by atoms with van der Waals surface area (Å²) in [7, 11) is 0. The van der Waals surface area contributed by atoms with Crippen LogP contribution in [0.1, 0.15) is 1.43 Å². The van der Waals surface area contributed by atoms with Crippen molar-refractivity contribution in [3.63, 3.8) is 0 Å². The van der Waals surface area contributed by atoms with Gasteiger partial charge in [0.2, 0.25) is 0 Å². The minimum atomic E-state index is 0. The summed E-state index contributed by atoms with van der Waals surface area (Å²) >= 11 is 0. The molecule has 0 saturated carbocycles. The third-order valence-electron chi connectivity index (χ3n) is 0. The van der Waals surface area contributed by atoms with Crippen molar-refractivity contribution >= 4 is 27.3 Å². The molecule has 0 aromatic rings. The first kappa shape index (κ1) is 26.3. The van der Waals surface area contributed by atoms with Crippen molar-refractivity contribution in [1.29, 1.82) is 0 Å². The normalized spacial score (nSPS) is 0. The summed E-state index contributed by atoms with van der Waals surface area (Å²) in [5.41, 5.74) is 0. The van der Waals surface area contributed by atoms with Gasteiger partial charge in [0, 0.05) is 45.0 Å². The molecule has 0 N–H and O–H groups in total. The van der Waals surface area contributed by atoms with Gasteiger partial charge in [-0.2, -0.15) is 0 Å². The Kier molecular flexibility index (Phi) is 106. The van der Waals surface area contributed by atoms with Crippen LogP contribution in [0.5, 0.6) is 0 Å². The van der Waals surface area contributed by atoms with Crippen molar-refractivity contribution in [1.82, 2.24) is 0 Å². The zero-order chi connectivity index (χ0) is 0. The van der Waals surface area contributed by atoms with Crippen LogP contribution in [0.25, 0.3) is 0 Å². The van der Waals surface area contributed by atoms with Gasteiger partial charge >= 0.3 is 56.9 Å². The molecule has 4 heavy (non-hydrogen) atoms. The Hall–Kier alpha value is 3.39.